The highest BCUT2D eigenvalue weighted by atomic mass is 16.2. The molecule has 3 aliphatic rings. The van der Waals surface area contributed by atoms with Crippen molar-refractivity contribution in [2.24, 2.45) is 5.92 Å². The van der Waals surface area contributed by atoms with Gasteiger partial charge in [0.1, 0.15) is 5.66 Å². The average molecular weight is 334 g/mol. The Morgan fingerprint density at radius 1 is 1.16 bits per heavy atom. The average Bonchev–Trinajstić information content (AvgIpc) is 3.44. The molecule has 1 atom stereocenters. The molecule has 2 fully saturated rings. The molecule has 4 heterocycles. The fraction of sp³-hybridized carbons (Fsp3) is 0.368. The van der Waals surface area contributed by atoms with Crippen LogP contribution in [0.3, 0.4) is 0 Å². The monoisotopic (exact) mass is 334 g/mol. The highest BCUT2D eigenvalue weighted by molar-refractivity contribution is 6.00. The molecule has 1 saturated carbocycles. The molecule has 0 spiro atoms. The SMILES string of the molecule is O=C(c1cccnc1)N1CCN2C(=O)c3cccnc3CC12C1CC1. The van der Waals surface area contributed by atoms with Crippen LogP contribution in [0.15, 0.2) is 42.9 Å². The maximum absolute atomic E-state index is 13.2. The molecule has 1 unspecified atom stereocenters. The van der Waals surface area contributed by atoms with Crippen molar-refractivity contribution in [1.29, 1.82) is 0 Å². The highest BCUT2D eigenvalue weighted by Crippen LogP contribution is 2.51. The molecule has 25 heavy (non-hydrogen) atoms. The van der Waals surface area contributed by atoms with Crippen LogP contribution in [0.1, 0.15) is 39.3 Å². The zero-order chi connectivity index (χ0) is 17.0. The summed E-state index contributed by atoms with van der Waals surface area (Å²) in [7, 11) is 0. The summed E-state index contributed by atoms with van der Waals surface area (Å²) in [5.74, 6) is 0.284. The lowest BCUT2D eigenvalue weighted by molar-refractivity contribution is -0.00218. The zero-order valence-corrected chi connectivity index (χ0v) is 13.8. The van der Waals surface area contributed by atoms with Gasteiger partial charge < -0.3 is 9.80 Å². The number of pyridine rings is 2. The van der Waals surface area contributed by atoms with Crippen molar-refractivity contribution in [2.75, 3.05) is 13.1 Å². The molecule has 2 aliphatic heterocycles. The summed E-state index contributed by atoms with van der Waals surface area (Å²) in [6, 6.07) is 7.20. The van der Waals surface area contributed by atoms with E-state index in [1.54, 1.807) is 36.8 Å². The second-order valence-electron chi connectivity index (χ2n) is 6.98. The number of aromatic nitrogens is 2. The molecule has 2 amide bonds. The van der Waals surface area contributed by atoms with Gasteiger partial charge in [-0.05, 0) is 37.1 Å². The van der Waals surface area contributed by atoms with E-state index in [1.807, 2.05) is 15.9 Å². The molecule has 6 heteroatoms. The molecule has 0 N–H and O–H groups in total. The molecule has 2 aromatic rings. The molecular weight excluding hydrogens is 316 g/mol. The third-order valence-corrected chi connectivity index (χ3v) is 5.66. The number of hydrogen-bond donors (Lipinski definition) is 0. The molecule has 126 valence electrons. The van der Waals surface area contributed by atoms with Crippen LogP contribution in [0.2, 0.25) is 0 Å². The lowest BCUT2D eigenvalue weighted by Gasteiger charge is -2.47. The highest BCUT2D eigenvalue weighted by Gasteiger charge is 2.61. The molecule has 1 saturated heterocycles. The van der Waals surface area contributed by atoms with E-state index in [-0.39, 0.29) is 11.8 Å². The molecule has 6 nitrogen and oxygen atoms in total. The third-order valence-electron chi connectivity index (χ3n) is 5.66. The topological polar surface area (TPSA) is 66.4 Å². The van der Waals surface area contributed by atoms with Crippen molar-refractivity contribution < 1.29 is 9.59 Å². The number of hydrogen-bond acceptors (Lipinski definition) is 4. The molecule has 0 bridgehead atoms. The number of carbonyl (C=O) groups is 2. The summed E-state index contributed by atoms with van der Waals surface area (Å²) >= 11 is 0. The first-order valence-corrected chi connectivity index (χ1v) is 8.69. The first-order chi connectivity index (χ1) is 12.2. The van der Waals surface area contributed by atoms with Gasteiger partial charge in [0.2, 0.25) is 0 Å². The summed E-state index contributed by atoms with van der Waals surface area (Å²) in [5, 5.41) is 0. The van der Waals surface area contributed by atoms with E-state index in [0.717, 1.165) is 18.5 Å². The normalized spacial score (nSPS) is 24.9. The molecule has 0 aromatic carbocycles. The molecule has 1 aliphatic carbocycles. The minimum Gasteiger partial charge on any atom is -0.313 e. The van der Waals surface area contributed by atoms with Crippen molar-refractivity contribution in [3.8, 4) is 0 Å². The van der Waals surface area contributed by atoms with Gasteiger partial charge in [0.05, 0.1) is 16.8 Å². The zero-order valence-electron chi connectivity index (χ0n) is 13.8. The third kappa shape index (κ3) is 1.97. The summed E-state index contributed by atoms with van der Waals surface area (Å²) in [5.41, 5.74) is 1.49. The van der Waals surface area contributed by atoms with Gasteiger partial charge in [-0.3, -0.25) is 19.6 Å². The van der Waals surface area contributed by atoms with E-state index in [1.165, 1.54) is 0 Å². The van der Waals surface area contributed by atoms with Crippen molar-refractivity contribution in [2.45, 2.75) is 24.9 Å². The largest absolute Gasteiger partial charge is 0.313 e. The van der Waals surface area contributed by atoms with Crippen molar-refractivity contribution in [1.82, 2.24) is 19.8 Å². The Labute approximate surface area is 145 Å². The van der Waals surface area contributed by atoms with Crippen molar-refractivity contribution >= 4 is 11.8 Å². The predicted molar refractivity (Wildman–Crippen MR) is 89.7 cm³/mol. The summed E-state index contributed by atoms with van der Waals surface area (Å²) < 4.78 is 0. The standard InChI is InChI=1S/C19H18N4O2/c24-17(13-3-1-7-20-12-13)22-9-10-23-18(25)15-4-2-8-21-16(15)11-19(22,23)14-5-6-14/h1-4,7-8,12,14H,5-6,9-11H2. The maximum atomic E-state index is 13.2. The smallest absolute Gasteiger partial charge is 0.257 e. The van der Waals surface area contributed by atoms with Crippen LogP contribution >= 0.6 is 0 Å². The first-order valence-electron chi connectivity index (χ1n) is 8.69. The lowest BCUT2D eigenvalue weighted by atomic mass is 9.88. The molecule has 5 rings (SSSR count). The van der Waals surface area contributed by atoms with Crippen LogP contribution < -0.4 is 0 Å². The van der Waals surface area contributed by atoms with Crippen molar-refractivity contribution in [3.05, 3.63) is 59.7 Å². The Balaban J connectivity index is 1.61. The second-order valence-corrected chi connectivity index (χ2v) is 6.98. The van der Waals surface area contributed by atoms with Gasteiger partial charge in [-0.1, -0.05) is 0 Å². The number of carbonyl (C=O) groups excluding carboxylic acids is 2. The minimum atomic E-state index is -0.564. The Kier molecular flexibility index (Phi) is 2.98. The van der Waals surface area contributed by atoms with Gasteiger partial charge >= 0.3 is 0 Å². The van der Waals surface area contributed by atoms with Crippen LogP contribution in [0, 0.1) is 5.92 Å². The van der Waals surface area contributed by atoms with Gasteiger partial charge in [0, 0.05) is 44.0 Å². The van der Waals surface area contributed by atoms with E-state index < -0.39 is 5.66 Å². The summed E-state index contributed by atoms with van der Waals surface area (Å²) in [4.78, 5) is 38.6. The number of fused-ring (bicyclic) bond motifs is 2. The van der Waals surface area contributed by atoms with E-state index in [4.69, 9.17) is 0 Å². The van der Waals surface area contributed by atoms with Crippen LogP contribution in [-0.2, 0) is 6.42 Å². The summed E-state index contributed by atoms with van der Waals surface area (Å²) in [6.07, 6.45) is 7.69. The Hall–Kier alpha value is -2.76. The van der Waals surface area contributed by atoms with E-state index in [2.05, 4.69) is 9.97 Å². The van der Waals surface area contributed by atoms with Gasteiger partial charge in [-0.2, -0.15) is 0 Å². The molecule has 0 radical (unpaired) electrons. The first kappa shape index (κ1) is 14.6. The Morgan fingerprint density at radius 2 is 2.00 bits per heavy atom. The fourth-order valence-corrected chi connectivity index (χ4v) is 4.42. The van der Waals surface area contributed by atoms with E-state index in [0.29, 0.717) is 36.6 Å². The van der Waals surface area contributed by atoms with Crippen molar-refractivity contribution in [3.63, 3.8) is 0 Å². The Bertz CT molecular complexity index is 865. The Morgan fingerprint density at radius 3 is 2.76 bits per heavy atom. The van der Waals surface area contributed by atoms with Crippen LogP contribution in [0.4, 0.5) is 0 Å². The maximum Gasteiger partial charge on any atom is 0.257 e. The molecule has 2 aromatic heterocycles. The fourth-order valence-electron chi connectivity index (χ4n) is 4.42. The van der Waals surface area contributed by atoms with Gasteiger partial charge in [0.15, 0.2) is 0 Å². The summed E-state index contributed by atoms with van der Waals surface area (Å²) in [6.45, 7) is 1.14. The van der Waals surface area contributed by atoms with Gasteiger partial charge in [0.25, 0.3) is 11.8 Å². The van der Waals surface area contributed by atoms with Crippen LogP contribution in [0.25, 0.3) is 0 Å². The van der Waals surface area contributed by atoms with Gasteiger partial charge in [-0.25, -0.2) is 0 Å². The second kappa shape index (κ2) is 5.12. The lowest BCUT2D eigenvalue weighted by Crippen LogP contribution is -2.62. The van der Waals surface area contributed by atoms with Crippen LogP contribution in [0.5, 0.6) is 0 Å². The number of nitrogens with zero attached hydrogens (tertiary/aromatic N) is 4. The quantitative estimate of drug-likeness (QED) is 0.839. The minimum absolute atomic E-state index is 0.00253. The van der Waals surface area contributed by atoms with E-state index >= 15 is 0 Å². The predicted octanol–water partition coefficient (Wildman–Crippen LogP) is 1.74. The van der Waals surface area contributed by atoms with Crippen LogP contribution in [-0.4, -0.2) is 50.3 Å². The molecular formula is C19H18N4O2. The number of amides is 2. The number of rotatable bonds is 2. The van der Waals surface area contributed by atoms with Gasteiger partial charge in [-0.15, -0.1) is 0 Å². The van der Waals surface area contributed by atoms with E-state index in [9.17, 15) is 9.59 Å².